The number of amides is 2. The summed E-state index contributed by atoms with van der Waals surface area (Å²) in [4.78, 5) is 23.5. The number of benzene rings is 1. The van der Waals surface area contributed by atoms with Crippen LogP contribution in [0, 0.1) is 12.8 Å². The minimum atomic E-state index is -0.607. The van der Waals surface area contributed by atoms with Crippen LogP contribution in [0.5, 0.6) is 5.75 Å². The molecule has 0 radical (unpaired) electrons. The third kappa shape index (κ3) is 8.17. The molecule has 0 spiro atoms. The Balaban J connectivity index is 0.00000529. The third-order valence-corrected chi connectivity index (χ3v) is 3.34. The van der Waals surface area contributed by atoms with E-state index >= 15 is 0 Å². The summed E-state index contributed by atoms with van der Waals surface area (Å²) in [6.07, 6.45) is 0. The molecule has 136 valence electrons. The van der Waals surface area contributed by atoms with Crippen LogP contribution < -0.4 is 21.1 Å². The van der Waals surface area contributed by atoms with Crippen LogP contribution in [0.3, 0.4) is 0 Å². The highest BCUT2D eigenvalue weighted by Crippen LogP contribution is 2.12. The van der Waals surface area contributed by atoms with Crippen molar-refractivity contribution in [2.45, 2.75) is 39.8 Å². The molecule has 0 fully saturated rings. The SMILES string of the molecule is Cc1cccc(OCC(C)NC(=O)CNC(=O)[C@@H](N)C(C)C)c1.Cl. The second kappa shape index (κ2) is 10.9. The molecule has 2 amide bonds. The molecule has 6 nitrogen and oxygen atoms in total. The first-order chi connectivity index (χ1) is 10.8. The van der Waals surface area contributed by atoms with Crippen molar-refractivity contribution in [2.24, 2.45) is 11.7 Å². The number of ether oxygens (including phenoxy) is 1. The molecule has 1 unspecified atom stereocenters. The quantitative estimate of drug-likeness (QED) is 0.655. The molecule has 0 aliphatic heterocycles. The molecule has 2 atom stereocenters. The predicted molar refractivity (Wildman–Crippen MR) is 97.3 cm³/mol. The Labute approximate surface area is 149 Å². The average molecular weight is 358 g/mol. The van der Waals surface area contributed by atoms with Gasteiger partial charge in [-0.3, -0.25) is 9.59 Å². The van der Waals surface area contributed by atoms with E-state index in [0.717, 1.165) is 11.3 Å². The first-order valence-electron chi connectivity index (χ1n) is 7.81. The highest BCUT2D eigenvalue weighted by atomic mass is 35.5. The van der Waals surface area contributed by atoms with Gasteiger partial charge in [-0.05, 0) is 37.5 Å². The monoisotopic (exact) mass is 357 g/mol. The van der Waals surface area contributed by atoms with Crippen LogP contribution >= 0.6 is 12.4 Å². The number of nitrogens with two attached hydrogens (primary N) is 1. The van der Waals surface area contributed by atoms with Crippen molar-refractivity contribution < 1.29 is 14.3 Å². The summed E-state index contributed by atoms with van der Waals surface area (Å²) >= 11 is 0. The number of hydrogen-bond donors (Lipinski definition) is 3. The lowest BCUT2D eigenvalue weighted by Gasteiger charge is -2.17. The van der Waals surface area contributed by atoms with Gasteiger partial charge in [-0.15, -0.1) is 12.4 Å². The van der Waals surface area contributed by atoms with E-state index in [1.54, 1.807) is 0 Å². The summed E-state index contributed by atoms with van der Waals surface area (Å²) in [7, 11) is 0. The van der Waals surface area contributed by atoms with E-state index < -0.39 is 6.04 Å². The lowest BCUT2D eigenvalue weighted by Crippen LogP contribution is -2.48. The van der Waals surface area contributed by atoms with Gasteiger partial charge in [0, 0.05) is 0 Å². The van der Waals surface area contributed by atoms with Gasteiger partial charge >= 0.3 is 0 Å². The number of halogens is 1. The van der Waals surface area contributed by atoms with Crippen LogP contribution in [0.4, 0.5) is 0 Å². The van der Waals surface area contributed by atoms with Crippen LogP contribution in [-0.4, -0.2) is 37.0 Å². The van der Waals surface area contributed by atoms with Gasteiger partial charge in [-0.25, -0.2) is 0 Å². The number of hydrogen-bond acceptors (Lipinski definition) is 4. The second-order valence-corrected chi connectivity index (χ2v) is 6.08. The van der Waals surface area contributed by atoms with Crippen molar-refractivity contribution >= 4 is 24.2 Å². The maximum atomic E-state index is 11.8. The summed E-state index contributed by atoms with van der Waals surface area (Å²) in [6.45, 7) is 7.81. The standard InChI is InChI=1S/C17H27N3O3.ClH/c1-11(2)16(18)17(22)19-9-15(21)20-13(4)10-23-14-7-5-6-12(3)8-14;/h5-8,11,13,16H,9-10,18H2,1-4H3,(H,19,22)(H,20,21);1H/t13?,16-;/m0./s1. The van der Waals surface area contributed by atoms with Crippen molar-refractivity contribution in [3.8, 4) is 5.75 Å². The summed E-state index contributed by atoms with van der Waals surface area (Å²) in [5.74, 6) is 0.204. The third-order valence-electron chi connectivity index (χ3n) is 3.34. The maximum Gasteiger partial charge on any atom is 0.239 e. The Hall–Kier alpha value is -1.79. The number of aryl methyl sites for hydroxylation is 1. The van der Waals surface area contributed by atoms with Crippen LogP contribution in [-0.2, 0) is 9.59 Å². The minimum absolute atomic E-state index is 0. The molecule has 1 aromatic carbocycles. The first-order valence-corrected chi connectivity index (χ1v) is 7.81. The number of carbonyl (C=O) groups excluding carboxylic acids is 2. The maximum absolute atomic E-state index is 11.8. The van der Waals surface area contributed by atoms with Gasteiger partial charge < -0.3 is 21.1 Å². The summed E-state index contributed by atoms with van der Waals surface area (Å²) in [5, 5.41) is 5.30. The molecular formula is C17H28ClN3O3. The number of carbonyl (C=O) groups is 2. The van der Waals surface area contributed by atoms with Crippen molar-refractivity contribution in [2.75, 3.05) is 13.2 Å². The number of nitrogens with one attached hydrogen (secondary N) is 2. The van der Waals surface area contributed by atoms with Crippen molar-refractivity contribution in [3.05, 3.63) is 29.8 Å². The molecule has 0 saturated carbocycles. The van der Waals surface area contributed by atoms with E-state index in [1.165, 1.54) is 0 Å². The molecule has 7 heteroatoms. The van der Waals surface area contributed by atoms with Crippen molar-refractivity contribution in [1.29, 1.82) is 0 Å². The summed E-state index contributed by atoms with van der Waals surface area (Å²) in [5.41, 5.74) is 6.82. The molecule has 0 heterocycles. The molecule has 1 rings (SSSR count). The molecule has 0 saturated heterocycles. The van der Waals surface area contributed by atoms with E-state index in [-0.39, 0.29) is 42.7 Å². The first kappa shape index (κ1) is 22.2. The lowest BCUT2D eigenvalue weighted by molar-refractivity contribution is -0.127. The van der Waals surface area contributed by atoms with E-state index in [9.17, 15) is 9.59 Å². The van der Waals surface area contributed by atoms with Crippen LogP contribution in [0.1, 0.15) is 26.3 Å². The normalized spacial score (nSPS) is 12.8. The fraction of sp³-hybridized carbons (Fsp3) is 0.529. The van der Waals surface area contributed by atoms with E-state index in [0.29, 0.717) is 6.61 Å². The van der Waals surface area contributed by atoms with E-state index in [1.807, 2.05) is 52.0 Å². The summed E-state index contributed by atoms with van der Waals surface area (Å²) in [6, 6.07) is 6.94. The smallest absolute Gasteiger partial charge is 0.239 e. The Kier molecular flexibility index (Phi) is 10.1. The van der Waals surface area contributed by atoms with Gasteiger partial charge in [0.15, 0.2) is 0 Å². The molecule has 0 aliphatic carbocycles. The van der Waals surface area contributed by atoms with E-state index in [4.69, 9.17) is 10.5 Å². The molecule has 0 aromatic heterocycles. The molecular weight excluding hydrogens is 330 g/mol. The zero-order valence-electron chi connectivity index (χ0n) is 14.7. The Morgan fingerprint density at radius 1 is 1.25 bits per heavy atom. The lowest BCUT2D eigenvalue weighted by atomic mass is 10.1. The molecule has 1 aromatic rings. The van der Waals surface area contributed by atoms with Crippen LogP contribution in [0.2, 0.25) is 0 Å². The fourth-order valence-corrected chi connectivity index (χ4v) is 1.88. The fourth-order valence-electron chi connectivity index (χ4n) is 1.88. The average Bonchev–Trinajstić information content (AvgIpc) is 2.49. The van der Waals surface area contributed by atoms with Crippen molar-refractivity contribution in [1.82, 2.24) is 10.6 Å². The van der Waals surface area contributed by atoms with Gasteiger partial charge in [0.25, 0.3) is 0 Å². The molecule has 4 N–H and O–H groups in total. The highest BCUT2D eigenvalue weighted by molar-refractivity contribution is 5.87. The number of rotatable bonds is 8. The van der Waals surface area contributed by atoms with Gasteiger partial charge in [-0.1, -0.05) is 26.0 Å². The van der Waals surface area contributed by atoms with Gasteiger partial charge in [0.2, 0.25) is 11.8 Å². The predicted octanol–water partition coefficient (Wildman–Crippen LogP) is 1.40. The Bertz CT molecular complexity index is 538. The Morgan fingerprint density at radius 3 is 2.50 bits per heavy atom. The zero-order valence-corrected chi connectivity index (χ0v) is 15.5. The molecule has 0 bridgehead atoms. The Morgan fingerprint density at radius 2 is 1.92 bits per heavy atom. The highest BCUT2D eigenvalue weighted by Gasteiger charge is 2.18. The van der Waals surface area contributed by atoms with Crippen molar-refractivity contribution in [3.63, 3.8) is 0 Å². The topological polar surface area (TPSA) is 93.5 Å². The van der Waals surface area contributed by atoms with Gasteiger partial charge in [0.05, 0.1) is 18.6 Å². The van der Waals surface area contributed by atoms with Crippen LogP contribution in [0.25, 0.3) is 0 Å². The summed E-state index contributed by atoms with van der Waals surface area (Å²) < 4.78 is 5.62. The molecule has 24 heavy (non-hydrogen) atoms. The van der Waals surface area contributed by atoms with E-state index in [2.05, 4.69) is 10.6 Å². The van der Waals surface area contributed by atoms with Crippen LogP contribution in [0.15, 0.2) is 24.3 Å². The molecule has 0 aliphatic rings. The minimum Gasteiger partial charge on any atom is -0.491 e. The van der Waals surface area contributed by atoms with Gasteiger partial charge in [-0.2, -0.15) is 0 Å². The zero-order chi connectivity index (χ0) is 17.4. The largest absolute Gasteiger partial charge is 0.491 e. The van der Waals surface area contributed by atoms with Gasteiger partial charge in [0.1, 0.15) is 12.4 Å². The second-order valence-electron chi connectivity index (χ2n) is 6.08.